The number of azo groups is 2. The number of hydrogen-bond acceptors (Lipinski definition) is 19. The van der Waals surface area contributed by atoms with Gasteiger partial charge in [0.1, 0.15) is 23.1 Å². The number of amides is 2. The lowest BCUT2D eigenvalue weighted by Gasteiger charge is -2.14. The van der Waals surface area contributed by atoms with E-state index < -0.39 is 61.4 Å². The van der Waals surface area contributed by atoms with Gasteiger partial charge in [-0.25, -0.2) is 18.2 Å². The molecule has 27 heteroatoms. The van der Waals surface area contributed by atoms with E-state index in [1.165, 1.54) is 49.4 Å². The molecule has 0 radical (unpaired) electrons. The molecule has 0 aliphatic heterocycles. The number of carbonyl (C=O) groups is 1. The van der Waals surface area contributed by atoms with Crippen molar-refractivity contribution in [3.05, 3.63) is 130 Å². The van der Waals surface area contributed by atoms with Crippen LogP contribution in [0.25, 0.3) is 0 Å². The van der Waals surface area contributed by atoms with Crippen molar-refractivity contribution in [1.82, 2.24) is 34.5 Å². The van der Waals surface area contributed by atoms with E-state index >= 15 is 0 Å². The van der Waals surface area contributed by atoms with Gasteiger partial charge in [-0.2, -0.15) is 52.3 Å². The summed E-state index contributed by atoms with van der Waals surface area (Å²) in [6, 6.07) is 15.1. The van der Waals surface area contributed by atoms with Crippen LogP contribution in [0, 0.1) is 19.1 Å². The van der Waals surface area contributed by atoms with Gasteiger partial charge in [-0.3, -0.25) is 13.9 Å². The van der Waals surface area contributed by atoms with Gasteiger partial charge in [0.05, 0.1) is 22.0 Å². The molecule has 0 saturated carbocycles. The lowest BCUT2D eigenvalue weighted by molar-refractivity contribution is 0.259. The average Bonchev–Trinajstić information content (AvgIpc) is 3.26. The number of sulfone groups is 1. The Morgan fingerprint density at radius 3 is 2.28 bits per heavy atom. The molecule has 7 N–H and O–H groups in total. The van der Waals surface area contributed by atoms with Crippen molar-refractivity contribution in [3.63, 3.8) is 0 Å². The number of aryl methyl sites for hydroxylation is 1. The zero-order valence-corrected chi connectivity index (χ0v) is 37.8. The van der Waals surface area contributed by atoms with E-state index in [1.54, 1.807) is 38.1 Å². The lowest BCUT2D eigenvalue weighted by atomic mass is 10.1. The monoisotopic (exact) mass is 973 g/mol. The summed E-state index contributed by atoms with van der Waals surface area (Å²) in [5, 5.41) is 36.0. The fraction of sp³-hybridized carbons (Fsp3) is 0.220. The number of aromatic hydroxyl groups is 1. The van der Waals surface area contributed by atoms with Crippen molar-refractivity contribution in [2.75, 3.05) is 16.0 Å². The van der Waals surface area contributed by atoms with Crippen LogP contribution in [0.3, 0.4) is 0 Å². The smallest absolute Gasteiger partial charge is 0.316 e. The third-order valence-corrected chi connectivity index (χ3v) is 11.6. The first-order valence-electron chi connectivity index (χ1n) is 20.1. The van der Waals surface area contributed by atoms with Crippen LogP contribution in [-0.2, 0) is 45.1 Å². The number of nitrogens with zero attached hydrogens (tertiary/aromatic N) is 11. The molecule has 0 fully saturated rings. The number of rotatable bonds is 19. The second-order valence-corrected chi connectivity index (χ2v) is 18.0. The van der Waals surface area contributed by atoms with Gasteiger partial charge in [0.15, 0.2) is 21.4 Å². The predicted molar refractivity (Wildman–Crippen MR) is 243 cm³/mol. The fourth-order valence-corrected chi connectivity index (χ4v) is 7.77. The minimum atomic E-state index is -4.57. The fourth-order valence-electron chi connectivity index (χ4n) is 6.35. The normalized spacial score (nSPS) is 12.3. The van der Waals surface area contributed by atoms with E-state index in [0.29, 0.717) is 17.7 Å². The second kappa shape index (κ2) is 21.1. The van der Waals surface area contributed by atoms with Crippen molar-refractivity contribution in [3.8, 4) is 5.88 Å². The topological polar surface area (TPSA) is 337 Å². The minimum Gasteiger partial charge on any atom is -0.494 e. The van der Waals surface area contributed by atoms with E-state index in [9.17, 15) is 44.9 Å². The summed E-state index contributed by atoms with van der Waals surface area (Å²) >= 11 is 0. The highest BCUT2D eigenvalue weighted by Crippen LogP contribution is 2.32. The number of halogens is 2. The Kier molecular flexibility index (Phi) is 15.3. The van der Waals surface area contributed by atoms with Crippen molar-refractivity contribution in [2.24, 2.45) is 26.2 Å². The van der Waals surface area contributed by atoms with Crippen LogP contribution >= 0.6 is 0 Å². The molecule has 0 aliphatic rings. The molecule has 0 spiro atoms. The number of primary amides is 1. The number of aromatic nitrogens is 7. The summed E-state index contributed by atoms with van der Waals surface area (Å²) < 4.78 is 86.9. The van der Waals surface area contributed by atoms with E-state index in [1.807, 2.05) is 0 Å². The Hall–Kier alpha value is -8.04. The highest BCUT2D eigenvalue weighted by Gasteiger charge is 2.23. The molecule has 1 atom stereocenters. The maximum atomic E-state index is 14.7. The molecular weight excluding hydrogens is 933 g/mol. The summed E-state index contributed by atoms with van der Waals surface area (Å²) in [6.45, 7) is 7.94. The maximum absolute atomic E-state index is 14.7. The first-order chi connectivity index (χ1) is 32.2. The van der Waals surface area contributed by atoms with Gasteiger partial charge in [0.25, 0.3) is 15.7 Å². The summed E-state index contributed by atoms with van der Waals surface area (Å²) in [7, 11) is -8.22. The van der Waals surface area contributed by atoms with Crippen molar-refractivity contribution in [2.45, 2.75) is 63.3 Å². The number of hydrogen-bond donors (Lipinski definition) is 6. The molecule has 3 aromatic carbocycles. The molecule has 6 rings (SSSR count). The Morgan fingerprint density at radius 2 is 1.59 bits per heavy atom. The molecule has 0 bridgehead atoms. The minimum absolute atomic E-state index is 0.0135. The van der Waals surface area contributed by atoms with Gasteiger partial charge in [0.2, 0.25) is 11.9 Å². The molecule has 0 saturated heterocycles. The largest absolute Gasteiger partial charge is 0.494 e. The molecule has 2 amide bonds. The van der Waals surface area contributed by atoms with Crippen LogP contribution in [0.4, 0.5) is 59.6 Å². The summed E-state index contributed by atoms with van der Waals surface area (Å²) in [5.74, 6) is -1.71. The average molecular weight is 974 g/mol. The highest BCUT2D eigenvalue weighted by atomic mass is 32.2. The van der Waals surface area contributed by atoms with E-state index in [-0.39, 0.29) is 87.4 Å². The molecular formula is C41H41F2N15O8S2. The Labute approximate surface area is 386 Å². The first-order valence-corrected chi connectivity index (χ1v) is 23.2. The maximum Gasteiger partial charge on any atom is 0.316 e. The summed E-state index contributed by atoms with van der Waals surface area (Å²) in [4.78, 5) is 48.6. The molecule has 68 heavy (non-hydrogen) atoms. The third-order valence-electron chi connectivity index (χ3n) is 9.62. The number of pyridine rings is 1. The molecule has 3 heterocycles. The lowest BCUT2D eigenvalue weighted by Crippen LogP contribution is -2.22. The standard InChI is InChI=1S/C41H41F2N15O8S2/c1-5-58-35(59)29(21-68(64,65)66)23(4)34(36(58)60)57-55-27-9-7-8-24(18-27)19-33-48-32(49-37(42)50-33)17-10-22(3)45-40-51-38(43)52-41(53-40)46-26-13-16-30(31(20-26)47-39(44)61)56-54-25-11-14-28(15-12-25)67(62,63)6-2/h6-9,11-16,18,20,22,59H,2,5,10,17,19,21H2,1,3-4H3,(H3,44,47,61)(H,64,65,66)(H2,45,46,51,52,53). The van der Waals surface area contributed by atoms with Crippen molar-refractivity contribution in [1.29, 1.82) is 0 Å². The Morgan fingerprint density at radius 1 is 0.897 bits per heavy atom. The third kappa shape index (κ3) is 13.1. The van der Waals surface area contributed by atoms with Gasteiger partial charge >= 0.3 is 18.2 Å². The molecule has 3 aromatic heterocycles. The zero-order chi connectivity index (χ0) is 49.3. The second-order valence-electron chi connectivity index (χ2n) is 14.6. The highest BCUT2D eigenvalue weighted by molar-refractivity contribution is 7.94. The van der Waals surface area contributed by atoms with Crippen molar-refractivity contribution >= 4 is 72.0 Å². The zero-order valence-electron chi connectivity index (χ0n) is 36.2. The molecule has 354 valence electrons. The Bertz CT molecular complexity index is 3250. The SMILES string of the molecule is C=CS(=O)(=O)c1ccc(N=Nc2ccc(Nc3nc(F)nc(NC(C)CCc4nc(F)nc(Cc5cccc(N=Nc6c(C)c(CS(=O)(=O)O)c(O)n(CC)c6=O)c5)n4)n3)cc2NC(N)=O)cc1. The molecule has 0 aliphatic carbocycles. The number of urea groups is 1. The van der Waals surface area contributed by atoms with Gasteiger partial charge in [-0.05, 0) is 92.9 Å². The number of benzene rings is 3. The summed E-state index contributed by atoms with van der Waals surface area (Å²) in [5.41, 5.74) is 5.91. The van der Waals surface area contributed by atoms with Gasteiger partial charge in [-0.1, -0.05) is 18.7 Å². The van der Waals surface area contributed by atoms with Crippen LogP contribution in [0.15, 0.2) is 109 Å². The molecule has 23 nitrogen and oxygen atoms in total. The van der Waals surface area contributed by atoms with Crippen LogP contribution < -0.4 is 27.2 Å². The van der Waals surface area contributed by atoms with E-state index in [0.717, 1.165) is 9.98 Å². The van der Waals surface area contributed by atoms with Crippen LogP contribution in [0.5, 0.6) is 5.88 Å². The van der Waals surface area contributed by atoms with E-state index in [2.05, 4.69) is 72.9 Å². The predicted octanol–water partition coefficient (Wildman–Crippen LogP) is 6.92. The first kappa shape index (κ1) is 49.4. The van der Waals surface area contributed by atoms with E-state index in [4.69, 9.17) is 5.73 Å². The van der Waals surface area contributed by atoms with Crippen LogP contribution in [0.1, 0.15) is 48.6 Å². The quantitative estimate of drug-likeness (QED) is 0.0354. The van der Waals surface area contributed by atoms with Crippen LogP contribution in [-0.4, -0.2) is 73.0 Å². The Balaban J connectivity index is 1.10. The van der Waals surface area contributed by atoms with Crippen LogP contribution in [0.2, 0.25) is 0 Å². The van der Waals surface area contributed by atoms with Crippen molar-refractivity contribution < 1.29 is 40.1 Å². The van der Waals surface area contributed by atoms with Gasteiger partial charge in [0, 0.05) is 42.1 Å². The number of anilines is 4. The van der Waals surface area contributed by atoms with Gasteiger partial charge < -0.3 is 26.8 Å². The number of carbonyl (C=O) groups excluding carboxylic acids is 1. The molecule has 6 aromatic rings. The molecule has 1 unspecified atom stereocenters. The number of nitrogens with two attached hydrogens (primary N) is 1. The summed E-state index contributed by atoms with van der Waals surface area (Å²) in [6.07, 6.45) is -1.66. The van der Waals surface area contributed by atoms with Gasteiger partial charge in [-0.15, -0.1) is 10.2 Å². The number of nitrogens with one attached hydrogen (secondary N) is 3.